The van der Waals surface area contributed by atoms with Crippen LogP contribution in [-0.4, -0.2) is 16.1 Å². The number of carbonyl (C=O) groups is 1. The lowest BCUT2D eigenvalue weighted by atomic mass is 10.1. The van der Waals surface area contributed by atoms with Gasteiger partial charge in [0.2, 0.25) is 5.95 Å². The Morgan fingerprint density at radius 2 is 1.74 bits per heavy atom. The Balaban J connectivity index is 2.63. The monoisotopic (exact) mass is 319 g/mol. The number of carboxylic acid groups (broad SMARTS) is 1. The van der Waals surface area contributed by atoms with E-state index in [1.54, 1.807) is 0 Å². The van der Waals surface area contributed by atoms with E-state index in [2.05, 4.69) is 4.98 Å². The number of aromatic carboxylic acids is 1. The van der Waals surface area contributed by atoms with E-state index in [0.29, 0.717) is 5.02 Å². The maximum Gasteiger partial charge on any atom is 0.354 e. The van der Waals surface area contributed by atoms with Gasteiger partial charge in [0.25, 0.3) is 0 Å². The number of halogens is 4. The molecule has 0 unspecified atom stereocenters. The van der Waals surface area contributed by atoms with Gasteiger partial charge in [-0.25, -0.2) is 9.78 Å². The van der Waals surface area contributed by atoms with Gasteiger partial charge >= 0.3 is 5.97 Å². The molecule has 3 nitrogen and oxygen atoms in total. The van der Waals surface area contributed by atoms with Crippen LogP contribution in [0.15, 0.2) is 24.3 Å². The fourth-order valence-electron chi connectivity index (χ4n) is 1.54. The molecule has 0 radical (unpaired) electrons. The van der Waals surface area contributed by atoms with Gasteiger partial charge in [0.05, 0.1) is 10.0 Å². The number of pyridine rings is 1. The Bertz CT molecular complexity index is 653. The second-order valence-electron chi connectivity index (χ2n) is 3.58. The third kappa shape index (κ3) is 2.81. The zero-order valence-electron chi connectivity index (χ0n) is 9.12. The Morgan fingerprint density at radius 1 is 1.16 bits per heavy atom. The molecule has 19 heavy (non-hydrogen) atoms. The molecule has 0 amide bonds. The smallest absolute Gasteiger partial charge is 0.354 e. The van der Waals surface area contributed by atoms with Crippen LogP contribution >= 0.6 is 34.8 Å². The van der Waals surface area contributed by atoms with E-state index >= 15 is 0 Å². The molecule has 0 spiro atoms. The molecule has 0 fully saturated rings. The second kappa shape index (κ2) is 5.33. The molecule has 0 saturated heterocycles. The number of aromatic nitrogens is 1. The number of hydrogen-bond acceptors (Lipinski definition) is 2. The normalized spacial score (nSPS) is 10.5. The van der Waals surface area contributed by atoms with E-state index in [4.69, 9.17) is 39.9 Å². The maximum absolute atomic E-state index is 13.8. The Labute approximate surface area is 122 Å². The summed E-state index contributed by atoms with van der Waals surface area (Å²) in [5.74, 6) is -2.29. The number of carboxylic acids is 1. The van der Waals surface area contributed by atoms with Gasteiger partial charge in [0.1, 0.15) is 0 Å². The fraction of sp³-hybridized carbons (Fsp3) is 0. The Kier molecular flexibility index (Phi) is 3.94. The number of benzene rings is 1. The van der Waals surface area contributed by atoms with Gasteiger partial charge < -0.3 is 5.11 Å². The van der Waals surface area contributed by atoms with Crippen LogP contribution in [0, 0.1) is 5.95 Å². The summed E-state index contributed by atoms with van der Waals surface area (Å²) in [6.07, 6.45) is 0. The molecule has 0 aliphatic heterocycles. The molecule has 1 aromatic carbocycles. The van der Waals surface area contributed by atoms with Crippen molar-refractivity contribution in [3.8, 4) is 11.1 Å². The first-order chi connectivity index (χ1) is 8.90. The number of nitrogens with zero attached hydrogens (tertiary/aromatic N) is 1. The van der Waals surface area contributed by atoms with Gasteiger partial charge in [0.15, 0.2) is 5.69 Å². The van der Waals surface area contributed by atoms with Gasteiger partial charge in [-0.2, -0.15) is 4.39 Å². The van der Waals surface area contributed by atoms with Crippen molar-refractivity contribution in [3.05, 3.63) is 51.0 Å². The van der Waals surface area contributed by atoms with Crippen molar-refractivity contribution in [2.45, 2.75) is 0 Å². The predicted octanol–water partition coefficient (Wildman–Crippen LogP) is 4.55. The SMILES string of the molecule is O=C(O)c1ccc(-c2c(Cl)cc(Cl)cc2Cl)c(F)n1. The molecule has 7 heteroatoms. The standard InChI is InChI=1S/C12H5Cl3FNO2/c13-5-3-7(14)10(8(15)4-5)6-1-2-9(12(18)19)17-11(6)16/h1-4H,(H,18,19). The Hall–Kier alpha value is -1.36. The molecule has 0 aliphatic carbocycles. The zero-order valence-corrected chi connectivity index (χ0v) is 11.4. The van der Waals surface area contributed by atoms with Crippen LogP contribution < -0.4 is 0 Å². The maximum atomic E-state index is 13.8. The highest BCUT2D eigenvalue weighted by molar-refractivity contribution is 6.41. The third-order valence-electron chi connectivity index (χ3n) is 2.34. The highest BCUT2D eigenvalue weighted by atomic mass is 35.5. The summed E-state index contributed by atoms with van der Waals surface area (Å²) in [6.45, 7) is 0. The van der Waals surface area contributed by atoms with Gasteiger partial charge in [-0.15, -0.1) is 0 Å². The average Bonchev–Trinajstić information content (AvgIpc) is 2.29. The van der Waals surface area contributed by atoms with Crippen molar-refractivity contribution in [1.82, 2.24) is 4.98 Å². The number of rotatable bonds is 2. The lowest BCUT2D eigenvalue weighted by Gasteiger charge is -2.09. The zero-order chi connectivity index (χ0) is 14.2. The first kappa shape index (κ1) is 14.1. The predicted molar refractivity (Wildman–Crippen MR) is 71.6 cm³/mol. The minimum atomic E-state index is -1.32. The van der Waals surface area contributed by atoms with Crippen LogP contribution in [0.2, 0.25) is 15.1 Å². The lowest BCUT2D eigenvalue weighted by Crippen LogP contribution is -2.03. The van der Waals surface area contributed by atoms with Crippen molar-refractivity contribution in [2.75, 3.05) is 0 Å². The van der Waals surface area contributed by atoms with E-state index in [0.717, 1.165) is 0 Å². The van der Waals surface area contributed by atoms with Gasteiger partial charge in [-0.05, 0) is 24.3 Å². The van der Waals surface area contributed by atoms with Crippen molar-refractivity contribution >= 4 is 40.8 Å². The van der Waals surface area contributed by atoms with Gasteiger partial charge in [-0.1, -0.05) is 34.8 Å². The first-order valence-electron chi connectivity index (χ1n) is 4.95. The topological polar surface area (TPSA) is 50.2 Å². The highest BCUT2D eigenvalue weighted by Gasteiger charge is 2.17. The number of hydrogen-bond donors (Lipinski definition) is 1. The second-order valence-corrected chi connectivity index (χ2v) is 4.84. The summed E-state index contributed by atoms with van der Waals surface area (Å²) in [5.41, 5.74) is -0.172. The molecular formula is C12H5Cl3FNO2. The third-order valence-corrected chi connectivity index (χ3v) is 3.16. The summed E-state index contributed by atoms with van der Waals surface area (Å²) < 4.78 is 13.8. The van der Waals surface area contributed by atoms with E-state index in [9.17, 15) is 9.18 Å². The average molecular weight is 321 g/mol. The summed E-state index contributed by atoms with van der Waals surface area (Å²) in [4.78, 5) is 14.0. The molecule has 1 N–H and O–H groups in total. The van der Waals surface area contributed by atoms with Crippen LogP contribution in [0.1, 0.15) is 10.5 Å². The van der Waals surface area contributed by atoms with E-state index in [1.165, 1.54) is 24.3 Å². The Morgan fingerprint density at radius 3 is 2.21 bits per heavy atom. The summed E-state index contributed by atoms with van der Waals surface area (Å²) in [7, 11) is 0. The van der Waals surface area contributed by atoms with Crippen LogP contribution in [0.5, 0.6) is 0 Å². The summed E-state index contributed by atoms with van der Waals surface area (Å²) in [6, 6.07) is 5.25. The molecule has 2 aromatic rings. The van der Waals surface area contributed by atoms with E-state index in [-0.39, 0.29) is 21.2 Å². The highest BCUT2D eigenvalue weighted by Crippen LogP contribution is 2.37. The molecule has 2 rings (SSSR count). The summed E-state index contributed by atoms with van der Waals surface area (Å²) in [5, 5.41) is 9.34. The largest absolute Gasteiger partial charge is 0.477 e. The van der Waals surface area contributed by atoms with Crippen molar-refractivity contribution < 1.29 is 14.3 Å². The molecule has 98 valence electrons. The molecule has 0 aliphatic rings. The van der Waals surface area contributed by atoms with Crippen LogP contribution in [0.3, 0.4) is 0 Å². The van der Waals surface area contributed by atoms with Gasteiger partial charge in [0, 0.05) is 16.1 Å². The van der Waals surface area contributed by atoms with Crippen LogP contribution in [0.4, 0.5) is 4.39 Å². The molecule has 0 saturated carbocycles. The fourth-order valence-corrected chi connectivity index (χ4v) is 2.56. The van der Waals surface area contributed by atoms with Crippen LogP contribution in [0.25, 0.3) is 11.1 Å². The quantitative estimate of drug-likeness (QED) is 0.826. The minimum absolute atomic E-state index is 0.0108. The molecule has 1 heterocycles. The van der Waals surface area contributed by atoms with Crippen LogP contribution in [-0.2, 0) is 0 Å². The molecule has 0 bridgehead atoms. The van der Waals surface area contributed by atoms with E-state index in [1.807, 2.05) is 0 Å². The van der Waals surface area contributed by atoms with Crippen molar-refractivity contribution in [3.63, 3.8) is 0 Å². The van der Waals surface area contributed by atoms with Crippen molar-refractivity contribution in [1.29, 1.82) is 0 Å². The summed E-state index contributed by atoms with van der Waals surface area (Å²) >= 11 is 17.7. The minimum Gasteiger partial charge on any atom is -0.477 e. The molecule has 1 aromatic heterocycles. The van der Waals surface area contributed by atoms with Gasteiger partial charge in [-0.3, -0.25) is 0 Å². The molecule has 0 atom stereocenters. The first-order valence-corrected chi connectivity index (χ1v) is 6.08. The molecular weight excluding hydrogens is 315 g/mol. The van der Waals surface area contributed by atoms with Crippen molar-refractivity contribution in [2.24, 2.45) is 0 Å². The lowest BCUT2D eigenvalue weighted by molar-refractivity contribution is 0.0689. The van der Waals surface area contributed by atoms with E-state index < -0.39 is 17.6 Å².